The molecule has 0 fully saturated rings. The number of hydrogen-bond acceptors (Lipinski definition) is 3. The van der Waals surface area contributed by atoms with Gasteiger partial charge in [0.1, 0.15) is 11.7 Å². The summed E-state index contributed by atoms with van der Waals surface area (Å²) >= 11 is 0. The zero-order valence-corrected chi connectivity index (χ0v) is 12.5. The molecule has 5 heteroatoms. The number of esters is 1. The third-order valence-electron chi connectivity index (χ3n) is 3.32. The molecular formula is C16H20F2O3. The van der Waals surface area contributed by atoms with E-state index in [1.165, 1.54) is 38.1 Å². The minimum Gasteiger partial charge on any atom is -0.465 e. The van der Waals surface area contributed by atoms with Gasteiger partial charge in [-0.1, -0.05) is 31.2 Å². The average Bonchev–Trinajstić information content (AvgIpc) is 2.45. The Labute approximate surface area is 123 Å². The summed E-state index contributed by atoms with van der Waals surface area (Å²) in [6.07, 6.45) is -0.114. The van der Waals surface area contributed by atoms with E-state index >= 15 is 0 Å². The van der Waals surface area contributed by atoms with Crippen LogP contribution in [-0.4, -0.2) is 18.4 Å². The first-order valence-corrected chi connectivity index (χ1v) is 6.96. The van der Waals surface area contributed by atoms with Gasteiger partial charge in [-0.05, 0) is 25.8 Å². The van der Waals surface area contributed by atoms with Gasteiger partial charge in [-0.25, -0.2) is 8.78 Å². The Morgan fingerprint density at radius 2 is 1.76 bits per heavy atom. The van der Waals surface area contributed by atoms with E-state index in [0.717, 1.165) is 0 Å². The Kier molecular flexibility index (Phi) is 6.00. The van der Waals surface area contributed by atoms with Crippen molar-refractivity contribution < 1.29 is 23.1 Å². The molecule has 0 N–H and O–H groups in total. The maximum absolute atomic E-state index is 13.5. The molecule has 0 bridgehead atoms. The highest BCUT2D eigenvalue weighted by molar-refractivity contribution is 5.98. The molecule has 1 rings (SSSR count). The molecule has 1 aromatic rings. The molecule has 0 aromatic heterocycles. The Hall–Kier alpha value is -1.78. The van der Waals surface area contributed by atoms with Gasteiger partial charge < -0.3 is 4.74 Å². The zero-order chi connectivity index (χ0) is 16.0. The minimum absolute atomic E-state index is 0.0655. The van der Waals surface area contributed by atoms with Crippen LogP contribution in [0.4, 0.5) is 8.78 Å². The van der Waals surface area contributed by atoms with Crippen molar-refractivity contribution in [2.24, 2.45) is 5.92 Å². The van der Waals surface area contributed by atoms with E-state index in [2.05, 4.69) is 0 Å². The highest BCUT2D eigenvalue weighted by Crippen LogP contribution is 2.31. The van der Waals surface area contributed by atoms with E-state index in [-0.39, 0.29) is 30.8 Å². The van der Waals surface area contributed by atoms with Crippen molar-refractivity contribution in [1.29, 1.82) is 0 Å². The van der Waals surface area contributed by atoms with Crippen molar-refractivity contribution in [3.05, 3.63) is 35.4 Å². The number of ether oxygens (including phenoxy) is 1. The largest absolute Gasteiger partial charge is 0.465 e. The number of carbonyl (C=O) groups excluding carboxylic acids is 2. The molecule has 3 nitrogen and oxygen atoms in total. The third kappa shape index (κ3) is 4.62. The van der Waals surface area contributed by atoms with Gasteiger partial charge in [-0.2, -0.15) is 0 Å². The van der Waals surface area contributed by atoms with Crippen molar-refractivity contribution in [2.45, 2.75) is 39.5 Å². The standard InChI is InChI=1S/C16H20F2O3/c1-4-16(17,18)13-8-6-12(7-9-13)10-14(11(3)19)15(20)21-5-2/h6-9,14H,4-5,10H2,1-3H3. The molecule has 0 amide bonds. The Morgan fingerprint density at radius 1 is 1.19 bits per heavy atom. The molecule has 0 aliphatic heterocycles. The van der Waals surface area contributed by atoms with E-state index in [4.69, 9.17) is 4.74 Å². The number of benzene rings is 1. The number of rotatable bonds is 7. The maximum Gasteiger partial charge on any atom is 0.316 e. The lowest BCUT2D eigenvalue weighted by molar-refractivity contribution is -0.151. The molecule has 0 aliphatic rings. The molecule has 0 saturated heterocycles. The molecule has 0 heterocycles. The molecule has 116 valence electrons. The van der Waals surface area contributed by atoms with Crippen LogP contribution in [0.2, 0.25) is 0 Å². The molecule has 1 aromatic carbocycles. The number of Topliss-reactive ketones (excluding diaryl/α,β-unsaturated/α-hetero) is 1. The summed E-state index contributed by atoms with van der Waals surface area (Å²) in [7, 11) is 0. The first-order chi connectivity index (χ1) is 9.81. The van der Waals surface area contributed by atoms with Gasteiger partial charge in [0, 0.05) is 12.0 Å². The van der Waals surface area contributed by atoms with E-state index < -0.39 is 17.8 Å². The van der Waals surface area contributed by atoms with Crippen molar-refractivity contribution in [3.63, 3.8) is 0 Å². The summed E-state index contributed by atoms with van der Waals surface area (Å²) < 4.78 is 31.9. The van der Waals surface area contributed by atoms with Gasteiger partial charge in [-0.3, -0.25) is 9.59 Å². The predicted molar refractivity (Wildman–Crippen MR) is 75.1 cm³/mol. The van der Waals surface area contributed by atoms with Crippen molar-refractivity contribution in [3.8, 4) is 0 Å². The minimum atomic E-state index is -2.86. The van der Waals surface area contributed by atoms with Crippen LogP contribution in [0.1, 0.15) is 38.3 Å². The summed E-state index contributed by atoms with van der Waals surface area (Å²) in [6.45, 7) is 4.60. The topological polar surface area (TPSA) is 43.4 Å². The molecule has 0 saturated carbocycles. The second kappa shape index (κ2) is 7.29. The fourth-order valence-electron chi connectivity index (χ4n) is 1.96. The summed E-state index contributed by atoms with van der Waals surface area (Å²) in [4.78, 5) is 23.2. The van der Waals surface area contributed by atoms with Crippen LogP contribution in [-0.2, 0) is 26.7 Å². The summed E-state index contributed by atoms with van der Waals surface area (Å²) in [5.74, 6) is -4.62. The van der Waals surface area contributed by atoms with Gasteiger partial charge in [0.05, 0.1) is 6.61 Å². The number of carbonyl (C=O) groups is 2. The molecule has 0 radical (unpaired) electrons. The van der Waals surface area contributed by atoms with Gasteiger partial charge in [0.15, 0.2) is 0 Å². The van der Waals surface area contributed by atoms with Gasteiger partial charge in [-0.15, -0.1) is 0 Å². The van der Waals surface area contributed by atoms with Crippen LogP contribution in [0.5, 0.6) is 0 Å². The van der Waals surface area contributed by atoms with Crippen molar-refractivity contribution >= 4 is 11.8 Å². The second-order valence-electron chi connectivity index (χ2n) is 4.87. The maximum atomic E-state index is 13.5. The number of hydrogen-bond donors (Lipinski definition) is 0. The first-order valence-electron chi connectivity index (χ1n) is 6.96. The average molecular weight is 298 g/mol. The quantitative estimate of drug-likeness (QED) is 0.571. The lowest BCUT2D eigenvalue weighted by Crippen LogP contribution is -2.26. The Bertz CT molecular complexity index is 495. The zero-order valence-electron chi connectivity index (χ0n) is 12.5. The molecule has 1 atom stereocenters. The van der Waals surface area contributed by atoms with E-state index in [1.807, 2.05) is 0 Å². The molecule has 21 heavy (non-hydrogen) atoms. The van der Waals surface area contributed by atoms with Gasteiger partial charge >= 0.3 is 5.97 Å². The highest BCUT2D eigenvalue weighted by Gasteiger charge is 2.29. The second-order valence-corrected chi connectivity index (χ2v) is 4.87. The summed E-state index contributed by atoms with van der Waals surface area (Å²) in [5, 5.41) is 0. The SMILES string of the molecule is CCOC(=O)C(Cc1ccc(C(F)(F)CC)cc1)C(C)=O. The smallest absolute Gasteiger partial charge is 0.316 e. The number of halogens is 2. The fraction of sp³-hybridized carbons (Fsp3) is 0.500. The van der Waals surface area contributed by atoms with Crippen LogP contribution in [0.15, 0.2) is 24.3 Å². The predicted octanol–water partition coefficient (Wildman–Crippen LogP) is 3.50. The normalized spacial score (nSPS) is 12.8. The molecule has 1 unspecified atom stereocenters. The Balaban J connectivity index is 2.86. The van der Waals surface area contributed by atoms with Crippen molar-refractivity contribution in [1.82, 2.24) is 0 Å². The monoisotopic (exact) mass is 298 g/mol. The molecule has 0 spiro atoms. The van der Waals surface area contributed by atoms with Crippen LogP contribution >= 0.6 is 0 Å². The van der Waals surface area contributed by atoms with Gasteiger partial charge in [0.25, 0.3) is 5.92 Å². The lowest BCUT2D eigenvalue weighted by Gasteiger charge is -2.16. The van der Waals surface area contributed by atoms with Crippen LogP contribution in [0, 0.1) is 5.92 Å². The number of alkyl halides is 2. The lowest BCUT2D eigenvalue weighted by atomic mass is 9.94. The summed E-state index contributed by atoms with van der Waals surface area (Å²) in [5.41, 5.74) is 0.586. The van der Waals surface area contributed by atoms with E-state index in [9.17, 15) is 18.4 Å². The van der Waals surface area contributed by atoms with Crippen LogP contribution in [0.3, 0.4) is 0 Å². The van der Waals surface area contributed by atoms with E-state index in [0.29, 0.717) is 5.56 Å². The van der Waals surface area contributed by atoms with E-state index in [1.54, 1.807) is 6.92 Å². The van der Waals surface area contributed by atoms with Crippen molar-refractivity contribution in [2.75, 3.05) is 6.61 Å². The molecule has 0 aliphatic carbocycles. The third-order valence-corrected chi connectivity index (χ3v) is 3.32. The Morgan fingerprint density at radius 3 is 2.19 bits per heavy atom. The van der Waals surface area contributed by atoms with Gasteiger partial charge in [0.2, 0.25) is 0 Å². The fourth-order valence-corrected chi connectivity index (χ4v) is 1.96. The van der Waals surface area contributed by atoms with Crippen LogP contribution < -0.4 is 0 Å². The number of ketones is 1. The summed E-state index contributed by atoms with van der Waals surface area (Å²) in [6, 6.07) is 5.71. The van der Waals surface area contributed by atoms with Crippen LogP contribution in [0.25, 0.3) is 0 Å². The molecular weight excluding hydrogens is 278 g/mol. The highest BCUT2D eigenvalue weighted by atomic mass is 19.3. The first kappa shape index (κ1) is 17.3.